The minimum absolute atomic E-state index is 0.0989. The highest BCUT2D eigenvalue weighted by Gasteiger charge is 2.07. The van der Waals surface area contributed by atoms with Crippen LogP contribution in [0, 0.1) is 0 Å². The molecule has 0 aliphatic heterocycles. The maximum atomic E-state index is 12.9. The van der Waals surface area contributed by atoms with Crippen LogP contribution in [-0.4, -0.2) is 6.10 Å². The van der Waals surface area contributed by atoms with Gasteiger partial charge in [-0.05, 0) is 41.9 Å². The summed E-state index contributed by atoms with van der Waals surface area (Å²) in [6.07, 6.45) is 5.41. The fourth-order valence-electron chi connectivity index (χ4n) is 0.975. The lowest BCUT2D eigenvalue weighted by Gasteiger charge is -2.10. The van der Waals surface area contributed by atoms with Crippen LogP contribution in [-0.2, 0) is 4.74 Å². The molecule has 0 N–H and O–H groups in total. The number of ether oxygens (including phenoxy) is 1. The van der Waals surface area contributed by atoms with Crippen LogP contribution in [0.15, 0.2) is 34.3 Å². The van der Waals surface area contributed by atoms with Crippen LogP contribution >= 0.6 is 15.9 Å². The van der Waals surface area contributed by atoms with Crippen LogP contribution in [0.2, 0.25) is 0 Å². The molecule has 0 fully saturated rings. The Balaban J connectivity index is 2.85. The Kier molecular flexibility index (Phi) is 3.72. The van der Waals surface area contributed by atoms with Crippen molar-refractivity contribution in [1.29, 1.82) is 0 Å². The van der Waals surface area contributed by atoms with Gasteiger partial charge in [0.25, 0.3) is 0 Å². The van der Waals surface area contributed by atoms with E-state index in [9.17, 15) is 4.39 Å². The second kappa shape index (κ2) is 4.61. The molecule has 0 bridgehead atoms. The molecule has 0 spiro atoms. The molecule has 0 unspecified atom stereocenters. The molecular formula is C10H12BrFO. The summed E-state index contributed by atoms with van der Waals surface area (Å²) in [7, 11) is 0. The molecule has 1 nitrogen and oxygen atoms in total. The summed E-state index contributed by atoms with van der Waals surface area (Å²) < 4.78 is 19.0. The molecule has 1 rings (SSSR count). The molecule has 0 radical (unpaired) electrons. The van der Waals surface area contributed by atoms with Gasteiger partial charge in [-0.25, -0.2) is 4.39 Å². The standard InChI is InChI=1S/C10H12BrFO/c1-7(2)13-10-5-3-4-8(12)6-9(10)11/h3,5-7H,4H2,1-2H3. The maximum absolute atomic E-state index is 12.9. The first-order valence-corrected chi connectivity index (χ1v) is 4.98. The van der Waals surface area contributed by atoms with E-state index in [0.29, 0.717) is 16.7 Å². The predicted octanol–water partition coefficient (Wildman–Crippen LogP) is 3.83. The van der Waals surface area contributed by atoms with E-state index >= 15 is 0 Å². The highest BCUT2D eigenvalue weighted by molar-refractivity contribution is 9.11. The highest BCUT2D eigenvalue weighted by atomic mass is 79.9. The third-order valence-electron chi connectivity index (χ3n) is 1.46. The van der Waals surface area contributed by atoms with Crippen LogP contribution in [0.3, 0.4) is 0 Å². The summed E-state index contributed by atoms with van der Waals surface area (Å²) in [6, 6.07) is 0. The summed E-state index contributed by atoms with van der Waals surface area (Å²) in [5.74, 6) is 0.521. The molecule has 0 saturated heterocycles. The fraction of sp³-hybridized carbons (Fsp3) is 0.400. The Hall–Kier alpha value is -0.570. The quantitative estimate of drug-likeness (QED) is 0.720. The SMILES string of the molecule is CC(C)OC1=C(Br)C=C(F)CC=C1. The summed E-state index contributed by atoms with van der Waals surface area (Å²) in [4.78, 5) is 0. The van der Waals surface area contributed by atoms with Crippen LogP contribution in [0.1, 0.15) is 20.3 Å². The normalized spacial score (nSPS) is 17.5. The number of hydrogen-bond acceptors (Lipinski definition) is 1. The molecule has 0 amide bonds. The Bertz CT molecular complexity index is 277. The van der Waals surface area contributed by atoms with E-state index in [-0.39, 0.29) is 11.9 Å². The van der Waals surface area contributed by atoms with Crippen LogP contribution in [0.5, 0.6) is 0 Å². The first kappa shape index (κ1) is 10.5. The molecule has 1 aliphatic rings. The largest absolute Gasteiger partial charge is 0.490 e. The monoisotopic (exact) mass is 246 g/mol. The number of halogens is 2. The van der Waals surface area contributed by atoms with Crippen molar-refractivity contribution in [3.8, 4) is 0 Å². The van der Waals surface area contributed by atoms with E-state index < -0.39 is 0 Å². The number of allylic oxidation sites excluding steroid dienone is 5. The zero-order valence-corrected chi connectivity index (χ0v) is 9.27. The van der Waals surface area contributed by atoms with Gasteiger partial charge < -0.3 is 4.74 Å². The molecule has 0 saturated carbocycles. The van der Waals surface area contributed by atoms with Gasteiger partial charge in [0.05, 0.1) is 10.6 Å². The second-order valence-corrected chi connectivity index (χ2v) is 3.93. The molecule has 0 aromatic heterocycles. The van der Waals surface area contributed by atoms with Gasteiger partial charge in [0.1, 0.15) is 11.6 Å². The van der Waals surface area contributed by atoms with Gasteiger partial charge in [-0.3, -0.25) is 0 Å². The molecule has 0 atom stereocenters. The van der Waals surface area contributed by atoms with Crippen molar-refractivity contribution < 1.29 is 9.13 Å². The lowest BCUT2D eigenvalue weighted by atomic mass is 10.3. The summed E-state index contributed by atoms with van der Waals surface area (Å²) in [5, 5.41) is 0. The van der Waals surface area contributed by atoms with Crippen molar-refractivity contribution in [2.24, 2.45) is 0 Å². The van der Waals surface area contributed by atoms with Gasteiger partial charge in [-0.15, -0.1) is 0 Å². The molecule has 0 heterocycles. The third kappa shape index (κ3) is 3.35. The van der Waals surface area contributed by atoms with Crippen molar-refractivity contribution in [1.82, 2.24) is 0 Å². The van der Waals surface area contributed by atoms with E-state index in [1.54, 1.807) is 12.2 Å². The molecule has 1 aliphatic carbocycles. The highest BCUT2D eigenvalue weighted by Crippen LogP contribution is 2.24. The first-order chi connectivity index (χ1) is 6.09. The zero-order chi connectivity index (χ0) is 9.84. The smallest absolute Gasteiger partial charge is 0.133 e. The molecule has 3 heteroatoms. The van der Waals surface area contributed by atoms with E-state index in [1.165, 1.54) is 6.08 Å². The lowest BCUT2D eigenvalue weighted by molar-refractivity contribution is 0.157. The Morgan fingerprint density at radius 1 is 1.54 bits per heavy atom. The molecule has 0 aromatic rings. The zero-order valence-electron chi connectivity index (χ0n) is 7.68. The van der Waals surface area contributed by atoms with Gasteiger partial charge >= 0.3 is 0 Å². The summed E-state index contributed by atoms with van der Waals surface area (Å²) in [6.45, 7) is 3.87. The van der Waals surface area contributed by atoms with Crippen molar-refractivity contribution >= 4 is 15.9 Å². The van der Waals surface area contributed by atoms with E-state index in [2.05, 4.69) is 15.9 Å². The summed E-state index contributed by atoms with van der Waals surface area (Å²) >= 11 is 3.26. The van der Waals surface area contributed by atoms with Crippen LogP contribution in [0.25, 0.3) is 0 Å². The molecule has 72 valence electrons. The Morgan fingerprint density at radius 3 is 2.85 bits per heavy atom. The minimum Gasteiger partial charge on any atom is -0.490 e. The topological polar surface area (TPSA) is 9.23 Å². The van der Waals surface area contributed by atoms with Gasteiger partial charge in [0.15, 0.2) is 0 Å². The summed E-state index contributed by atoms with van der Waals surface area (Å²) in [5.41, 5.74) is 0. The predicted molar refractivity (Wildman–Crippen MR) is 55.1 cm³/mol. The van der Waals surface area contributed by atoms with Crippen molar-refractivity contribution in [3.63, 3.8) is 0 Å². The van der Waals surface area contributed by atoms with Crippen molar-refractivity contribution in [3.05, 3.63) is 34.3 Å². The Morgan fingerprint density at radius 2 is 2.23 bits per heavy atom. The first-order valence-electron chi connectivity index (χ1n) is 4.18. The van der Waals surface area contributed by atoms with Gasteiger partial charge in [0.2, 0.25) is 0 Å². The van der Waals surface area contributed by atoms with E-state index in [4.69, 9.17) is 4.74 Å². The van der Waals surface area contributed by atoms with Crippen molar-refractivity contribution in [2.75, 3.05) is 0 Å². The minimum atomic E-state index is -0.162. The van der Waals surface area contributed by atoms with Gasteiger partial charge in [0, 0.05) is 6.42 Å². The van der Waals surface area contributed by atoms with Gasteiger partial charge in [-0.2, -0.15) is 0 Å². The third-order valence-corrected chi connectivity index (χ3v) is 2.08. The van der Waals surface area contributed by atoms with Gasteiger partial charge in [-0.1, -0.05) is 6.08 Å². The fourth-order valence-corrected chi connectivity index (χ4v) is 1.45. The molecule has 13 heavy (non-hydrogen) atoms. The maximum Gasteiger partial charge on any atom is 0.133 e. The number of rotatable bonds is 2. The van der Waals surface area contributed by atoms with Crippen LogP contribution < -0.4 is 0 Å². The lowest BCUT2D eigenvalue weighted by Crippen LogP contribution is -2.01. The average molecular weight is 247 g/mol. The number of hydrogen-bond donors (Lipinski definition) is 0. The van der Waals surface area contributed by atoms with E-state index in [1.807, 2.05) is 13.8 Å². The molecule has 0 aromatic carbocycles. The second-order valence-electron chi connectivity index (χ2n) is 3.08. The van der Waals surface area contributed by atoms with Crippen molar-refractivity contribution in [2.45, 2.75) is 26.4 Å². The van der Waals surface area contributed by atoms with E-state index in [0.717, 1.165) is 0 Å². The Labute approximate surface area is 86.1 Å². The molecular weight excluding hydrogens is 235 g/mol. The average Bonchev–Trinajstić information content (AvgIpc) is 2.13. The van der Waals surface area contributed by atoms with Crippen LogP contribution in [0.4, 0.5) is 4.39 Å².